The summed E-state index contributed by atoms with van der Waals surface area (Å²) < 4.78 is 5.15. The van der Waals surface area contributed by atoms with Crippen LogP contribution in [0.4, 0.5) is 5.69 Å². The molecule has 4 heteroatoms. The Balaban J connectivity index is 2.02. The predicted octanol–water partition coefficient (Wildman–Crippen LogP) is 1.94. The molecule has 0 unspecified atom stereocenters. The van der Waals surface area contributed by atoms with Crippen molar-refractivity contribution in [2.45, 2.75) is 19.8 Å². The largest absolute Gasteiger partial charge is 0.497 e. The summed E-state index contributed by atoms with van der Waals surface area (Å²) in [7, 11) is 1.64. The standard InChI is InChI=1S/C14H20N2O2/c1-10-8-12(18-2)5-6-13(10)16-14(17)11-4-3-7-15-9-11/h5-6,8,11,15H,3-4,7,9H2,1-2H3,(H,16,17)/t11-/m1/s1. The van der Waals surface area contributed by atoms with Gasteiger partial charge in [-0.05, 0) is 50.1 Å². The Morgan fingerprint density at radius 3 is 2.94 bits per heavy atom. The van der Waals surface area contributed by atoms with Crippen LogP contribution in [-0.2, 0) is 4.79 Å². The van der Waals surface area contributed by atoms with Crippen LogP contribution in [0.25, 0.3) is 0 Å². The number of rotatable bonds is 3. The number of methoxy groups -OCH3 is 1. The maximum atomic E-state index is 12.1. The molecule has 2 N–H and O–H groups in total. The molecule has 0 radical (unpaired) electrons. The smallest absolute Gasteiger partial charge is 0.228 e. The van der Waals surface area contributed by atoms with E-state index in [1.165, 1.54) is 0 Å². The van der Waals surface area contributed by atoms with Crippen molar-refractivity contribution in [2.75, 3.05) is 25.5 Å². The quantitative estimate of drug-likeness (QED) is 0.859. The number of carbonyl (C=O) groups is 1. The highest BCUT2D eigenvalue weighted by Crippen LogP contribution is 2.22. The molecule has 1 fully saturated rings. The summed E-state index contributed by atoms with van der Waals surface area (Å²) in [5.41, 5.74) is 1.89. The van der Waals surface area contributed by atoms with E-state index in [2.05, 4.69) is 10.6 Å². The fourth-order valence-corrected chi connectivity index (χ4v) is 2.21. The number of benzene rings is 1. The Labute approximate surface area is 108 Å². The molecule has 1 amide bonds. The maximum Gasteiger partial charge on any atom is 0.228 e. The number of hydrogen-bond donors (Lipinski definition) is 2. The summed E-state index contributed by atoms with van der Waals surface area (Å²) in [5, 5.41) is 6.25. The molecule has 1 aliphatic rings. The lowest BCUT2D eigenvalue weighted by Crippen LogP contribution is -2.37. The summed E-state index contributed by atoms with van der Waals surface area (Å²) in [6, 6.07) is 5.68. The van der Waals surface area contributed by atoms with Crippen molar-refractivity contribution in [3.05, 3.63) is 23.8 Å². The van der Waals surface area contributed by atoms with Crippen molar-refractivity contribution in [1.82, 2.24) is 5.32 Å². The minimum atomic E-state index is 0.0836. The van der Waals surface area contributed by atoms with Gasteiger partial charge in [0.2, 0.25) is 5.91 Å². The Morgan fingerprint density at radius 2 is 2.33 bits per heavy atom. The molecule has 0 spiro atoms. The molecular formula is C14H20N2O2. The molecule has 1 aromatic rings. The highest BCUT2D eigenvalue weighted by atomic mass is 16.5. The summed E-state index contributed by atoms with van der Waals surface area (Å²) in [6.07, 6.45) is 2.04. The van der Waals surface area contributed by atoms with Crippen molar-refractivity contribution >= 4 is 11.6 Å². The Bertz CT molecular complexity index is 426. The van der Waals surface area contributed by atoms with E-state index in [-0.39, 0.29) is 11.8 Å². The van der Waals surface area contributed by atoms with E-state index in [1.807, 2.05) is 25.1 Å². The highest BCUT2D eigenvalue weighted by Gasteiger charge is 2.21. The Hall–Kier alpha value is -1.55. The molecule has 0 aliphatic carbocycles. The highest BCUT2D eigenvalue weighted by molar-refractivity contribution is 5.93. The third-order valence-electron chi connectivity index (χ3n) is 3.36. The minimum absolute atomic E-state index is 0.0836. The lowest BCUT2D eigenvalue weighted by Gasteiger charge is -2.22. The van der Waals surface area contributed by atoms with Crippen molar-refractivity contribution in [3.63, 3.8) is 0 Å². The SMILES string of the molecule is COc1ccc(NC(=O)[C@@H]2CCCNC2)c(C)c1. The topological polar surface area (TPSA) is 50.4 Å². The second-order valence-corrected chi connectivity index (χ2v) is 4.71. The molecule has 2 rings (SSSR count). The third-order valence-corrected chi connectivity index (χ3v) is 3.36. The molecule has 0 bridgehead atoms. The van der Waals surface area contributed by atoms with Gasteiger partial charge in [0.05, 0.1) is 13.0 Å². The van der Waals surface area contributed by atoms with Crippen LogP contribution in [0.2, 0.25) is 0 Å². The van der Waals surface area contributed by atoms with Gasteiger partial charge < -0.3 is 15.4 Å². The van der Waals surface area contributed by atoms with Gasteiger partial charge in [0, 0.05) is 12.2 Å². The average molecular weight is 248 g/mol. The van der Waals surface area contributed by atoms with Crippen molar-refractivity contribution in [3.8, 4) is 5.75 Å². The second kappa shape index (κ2) is 5.87. The first-order chi connectivity index (χ1) is 8.70. The number of ether oxygens (including phenoxy) is 1. The van der Waals surface area contributed by atoms with Gasteiger partial charge in [0.15, 0.2) is 0 Å². The van der Waals surface area contributed by atoms with E-state index >= 15 is 0 Å². The van der Waals surface area contributed by atoms with Gasteiger partial charge in [0.1, 0.15) is 5.75 Å². The predicted molar refractivity (Wildman–Crippen MR) is 72.0 cm³/mol. The number of nitrogens with one attached hydrogen (secondary N) is 2. The average Bonchev–Trinajstić information content (AvgIpc) is 2.42. The van der Waals surface area contributed by atoms with E-state index in [9.17, 15) is 4.79 Å². The zero-order valence-electron chi connectivity index (χ0n) is 11.0. The monoisotopic (exact) mass is 248 g/mol. The molecular weight excluding hydrogens is 228 g/mol. The van der Waals surface area contributed by atoms with Gasteiger partial charge >= 0.3 is 0 Å². The first kappa shape index (κ1) is 12.9. The van der Waals surface area contributed by atoms with Crippen molar-refractivity contribution in [1.29, 1.82) is 0 Å². The van der Waals surface area contributed by atoms with Crippen LogP contribution < -0.4 is 15.4 Å². The van der Waals surface area contributed by atoms with E-state index in [0.717, 1.165) is 42.9 Å². The maximum absolute atomic E-state index is 12.1. The minimum Gasteiger partial charge on any atom is -0.497 e. The molecule has 1 aromatic carbocycles. The van der Waals surface area contributed by atoms with Crippen LogP contribution in [-0.4, -0.2) is 26.1 Å². The van der Waals surface area contributed by atoms with Crippen LogP contribution in [0.5, 0.6) is 5.75 Å². The molecule has 98 valence electrons. The van der Waals surface area contributed by atoms with Crippen LogP contribution in [0.15, 0.2) is 18.2 Å². The number of hydrogen-bond acceptors (Lipinski definition) is 3. The molecule has 4 nitrogen and oxygen atoms in total. The van der Waals surface area contributed by atoms with Crippen LogP contribution in [0.1, 0.15) is 18.4 Å². The zero-order chi connectivity index (χ0) is 13.0. The van der Waals surface area contributed by atoms with Gasteiger partial charge in [-0.2, -0.15) is 0 Å². The zero-order valence-corrected chi connectivity index (χ0v) is 11.0. The fraction of sp³-hybridized carbons (Fsp3) is 0.500. The molecule has 0 saturated carbocycles. The number of piperidine rings is 1. The summed E-state index contributed by atoms with van der Waals surface area (Å²) in [5.74, 6) is 1.00. The Kier molecular flexibility index (Phi) is 4.20. The van der Waals surface area contributed by atoms with Crippen molar-refractivity contribution < 1.29 is 9.53 Å². The number of carbonyl (C=O) groups excluding carboxylic acids is 1. The first-order valence-corrected chi connectivity index (χ1v) is 6.37. The van der Waals surface area contributed by atoms with Crippen LogP contribution >= 0.6 is 0 Å². The van der Waals surface area contributed by atoms with E-state index in [0.29, 0.717) is 0 Å². The second-order valence-electron chi connectivity index (χ2n) is 4.71. The molecule has 1 heterocycles. The number of amides is 1. The van der Waals surface area contributed by atoms with Gasteiger partial charge in [-0.25, -0.2) is 0 Å². The summed E-state index contributed by atoms with van der Waals surface area (Å²) >= 11 is 0. The van der Waals surface area contributed by atoms with Gasteiger partial charge in [0.25, 0.3) is 0 Å². The van der Waals surface area contributed by atoms with E-state index in [4.69, 9.17) is 4.74 Å². The molecule has 1 saturated heterocycles. The van der Waals surface area contributed by atoms with Crippen LogP contribution in [0, 0.1) is 12.8 Å². The molecule has 0 aromatic heterocycles. The lowest BCUT2D eigenvalue weighted by molar-refractivity contribution is -0.120. The summed E-state index contributed by atoms with van der Waals surface area (Å²) in [4.78, 5) is 12.1. The van der Waals surface area contributed by atoms with E-state index in [1.54, 1.807) is 7.11 Å². The van der Waals surface area contributed by atoms with E-state index < -0.39 is 0 Å². The molecule has 1 atom stereocenters. The summed E-state index contributed by atoms with van der Waals surface area (Å²) in [6.45, 7) is 3.77. The van der Waals surface area contributed by atoms with Crippen LogP contribution in [0.3, 0.4) is 0 Å². The van der Waals surface area contributed by atoms with Gasteiger partial charge in [-0.3, -0.25) is 4.79 Å². The number of aryl methyl sites for hydroxylation is 1. The Morgan fingerprint density at radius 1 is 1.50 bits per heavy atom. The van der Waals surface area contributed by atoms with Crippen molar-refractivity contribution in [2.24, 2.45) is 5.92 Å². The van der Waals surface area contributed by atoms with Gasteiger partial charge in [-0.15, -0.1) is 0 Å². The molecule has 18 heavy (non-hydrogen) atoms. The normalized spacial score (nSPS) is 19.3. The number of anilines is 1. The molecule has 1 aliphatic heterocycles. The third kappa shape index (κ3) is 3.01. The lowest BCUT2D eigenvalue weighted by atomic mass is 9.98. The fourth-order valence-electron chi connectivity index (χ4n) is 2.21. The first-order valence-electron chi connectivity index (χ1n) is 6.37. The van der Waals surface area contributed by atoms with Gasteiger partial charge in [-0.1, -0.05) is 0 Å².